The highest BCUT2D eigenvalue weighted by atomic mass is 79.9. The molecule has 0 aliphatic carbocycles. The van der Waals surface area contributed by atoms with E-state index in [9.17, 15) is 9.59 Å². The molecule has 10 heteroatoms. The first-order chi connectivity index (χ1) is 13.0. The van der Waals surface area contributed by atoms with Gasteiger partial charge in [-0.15, -0.1) is 0 Å². The van der Waals surface area contributed by atoms with Gasteiger partial charge in [0.05, 0.1) is 15.0 Å². The van der Waals surface area contributed by atoms with Gasteiger partial charge in [0.15, 0.2) is 5.65 Å². The quantitative estimate of drug-likeness (QED) is 0.555. The van der Waals surface area contributed by atoms with Gasteiger partial charge in [0, 0.05) is 44.8 Å². The molecule has 0 radical (unpaired) electrons. The lowest BCUT2D eigenvalue weighted by Crippen LogP contribution is -2.45. The van der Waals surface area contributed by atoms with E-state index in [1.165, 1.54) is 15.3 Å². The van der Waals surface area contributed by atoms with Gasteiger partial charge in [-0.2, -0.15) is 0 Å². The van der Waals surface area contributed by atoms with Crippen LogP contribution in [0.5, 0.6) is 0 Å². The molecule has 3 aromatic rings. The number of rotatable bonds is 2. The molecular formula is C17H16BrClN6O2. The summed E-state index contributed by atoms with van der Waals surface area (Å²) in [6.07, 6.45) is 6.29. The van der Waals surface area contributed by atoms with Gasteiger partial charge < -0.3 is 9.47 Å². The Morgan fingerprint density at radius 3 is 2.41 bits per heavy atom. The molecule has 0 N–H and O–H groups in total. The topological polar surface area (TPSA) is 85.9 Å². The summed E-state index contributed by atoms with van der Waals surface area (Å²) in [6, 6.07) is 1.54. The lowest BCUT2D eigenvalue weighted by atomic mass is 10.0. The predicted octanol–water partition coefficient (Wildman–Crippen LogP) is 2.14. The largest absolute Gasteiger partial charge is 0.341 e. The van der Waals surface area contributed by atoms with Crippen LogP contribution >= 0.6 is 27.5 Å². The number of anilines is 1. The molecule has 0 amide bonds. The van der Waals surface area contributed by atoms with Crippen LogP contribution in [0.3, 0.4) is 0 Å². The van der Waals surface area contributed by atoms with Gasteiger partial charge in [0.1, 0.15) is 0 Å². The van der Waals surface area contributed by atoms with Gasteiger partial charge in [-0.3, -0.25) is 14.2 Å². The van der Waals surface area contributed by atoms with Gasteiger partial charge in [-0.05, 0) is 34.8 Å². The summed E-state index contributed by atoms with van der Waals surface area (Å²) in [4.78, 5) is 40.1. The third-order valence-electron chi connectivity index (χ3n) is 4.83. The Labute approximate surface area is 167 Å². The van der Waals surface area contributed by atoms with Crippen LogP contribution in [-0.4, -0.2) is 37.2 Å². The second-order valence-electron chi connectivity index (χ2n) is 6.46. The molecule has 1 saturated heterocycles. The molecule has 0 bridgehead atoms. The van der Waals surface area contributed by atoms with E-state index in [1.807, 2.05) is 0 Å². The molecule has 4 heterocycles. The number of hydrogen-bond donors (Lipinski definition) is 0. The maximum absolute atomic E-state index is 12.7. The third kappa shape index (κ3) is 3.25. The standard InChI is InChI=1S/C17H16BrClN6O2/c1-23-13-6-11(19)9-20-14(13)25(16(27)15(23)26)12-2-4-24(5-3-12)17-21-7-10(18)8-22-17/h6-9,12H,2-5H2,1H3. The average Bonchev–Trinajstić information content (AvgIpc) is 2.68. The van der Waals surface area contributed by atoms with Crippen molar-refractivity contribution in [3.8, 4) is 0 Å². The van der Waals surface area contributed by atoms with Gasteiger partial charge >= 0.3 is 11.1 Å². The number of nitrogens with zero attached hydrogens (tertiary/aromatic N) is 6. The van der Waals surface area contributed by atoms with E-state index >= 15 is 0 Å². The SMILES string of the molecule is Cn1c(=O)c(=O)n(C2CCN(c3ncc(Br)cn3)CC2)c2ncc(Cl)cc21. The zero-order valence-electron chi connectivity index (χ0n) is 14.5. The Bertz CT molecular complexity index is 1120. The molecule has 3 aromatic heterocycles. The summed E-state index contributed by atoms with van der Waals surface area (Å²) in [6.45, 7) is 1.37. The van der Waals surface area contributed by atoms with Crippen molar-refractivity contribution < 1.29 is 0 Å². The summed E-state index contributed by atoms with van der Waals surface area (Å²) in [5.74, 6) is 0.655. The van der Waals surface area contributed by atoms with Crippen LogP contribution in [-0.2, 0) is 7.05 Å². The van der Waals surface area contributed by atoms with Crippen molar-refractivity contribution in [3.05, 3.63) is 54.9 Å². The molecule has 1 fully saturated rings. The second-order valence-corrected chi connectivity index (χ2v) is 7.81. The lowest BCUT2D eigenvalue weighted by Gasteiger charge is -2.33. The Morgan fingerprint density at radius 1 is 1.07 bits per heavy atom. The molecule has 0 unspecified atom stereocenters. The number of halogens is 2. The summed E-state index contributed by atoms with van der Waals surface area (Å²) < 4.78 is 3.65. The Hall–Kier alpha value is -2.26. The molecular weight excluding hydrogens is 436 g/mol. The molecule has 27 heavy (non-hydrogen) atoms. The molecule has 8 nitrogen and oxygen atoms in total. The van der Waals surface area contributed by atoms with E-state index in [0.29, 0.717) is 48.1 Å². The smallest absolute Gasteiger partial charge is 0.318 e. The zero-order chi connectivity index (χ0) is 19.1. The maximum atomic E-state index is 12.7. The predicted molar refractivity (Wildman–Crippen MR) is 106 cm³/mol. The van der Waals surface area contributed by atoms with Crippen molar-refractivity contribution in [1.29, 1.82) is 0 Å². The minimum Gasteiger partial charge on any atom is -0.341 e. The van der Waals surface area contributed by atoms with Crippen molar-refractivity contribution >= 4 is 44.6 Å². The van der Waals surface area contributed by atoms with Crippen LogP contribution in [0.2, 0.25) is 5.02 Å². The van der Waals surface area contributed by atoms with Crippen LogP contribution in [0.1, 0.15) is 18.9 Å². The maximum Gasteiger partial charge on any atom is 0.318 e. The first-order valence-corrected chi connectivity index (χ1v) is 9.62. The molecule has 140 valence electrons. The van der Waals surface area contributed by atoms with E-state index in [0.717, 1.165) is 4.47 Å². The van der Waals surface area contributed by atoms with Crippen LogP contribution in [0, 0.1) is 0 Å². The number of fused-ring (bicyclic) bond motifs is 1. The number of hydrogen-bond acceptors (Lipinski definition) is 6. The van der Waals surface area contributed by atoms with Crippen LogP contribution < -0.4 is 16.0 Å². The number of piperidine rings is 1. The molecule has 0 spiro atoms. The third-order valence-corrected chi connectivity index (χ3v) is 5.45. The average molecular weight is 452 g/mol. The number of aryl methyl sites for hydroxylation is 1. The fourth-order valence-electron chi connectivity index (χ4n) is 3.44. The molecule has 0 atom stereocenters. The second kappa shape index (κ2) is 7.05. The summed E-state index contributed by atoms with van der Waals surface area (Å²) >= 11 is 9.36. The van der Waals surface area contributed by atoms with E-state index in [4.69, 9.17) is 11.6 Å². The number of aromatic nitrogens is 5. The van der Waals surface area contributed by atoms with E-state index in [2.05, 4.69) is 35.8 Å². The first-order valence-electron chi connectivity index (χ1n) is 8.45. The summed E-state index contributed by atoms with van der Waals surface area (Å²) in [5, 5.41) is 0.421. The Balaban J connectivity index is 1.69. The zero-order valence-corrected chi connectivity index (χ0v) is 16.8. The monoisotopic (exact) mass is 450 g/mol. The number of pyridine rings is 1. The molecule has 0 saturated carbocycles. The first kappa shape index (κ1) is 18.1. The van der Waals surface area contributed by atoms with Crippen molar-refractivity contribution in [2.24, 2.45) is 7.05 Å². The summed E-state index contributed by atoms with van der Waals surface area (Å²) in [7, 11) is 1.56. The Morgan fingerprint density at radius 2 is 1.74 bits per heavy atom. The van der Waals surface area contributed by atoms with Crippen LogP contribution in [0.25, 0.3) is 11.2 Å². The minimum atomic E-state index is -0.578. The van der Waals surface area contributed by atoms with Gasteiger partial charge in [-0.1, -0.05) is 11.6 Å². The van der Waals surface area contributed by atoms with Crippen molar-refractivity contribution in [2.75, 3.05) is 18.0 Å². The van der Waals surface area contributed by atoms with Crippen LogP contribution in [0.4, 0.5) is 5.95 Å². The highest BCUT2D eigenvalue weighted by molar-refractivity contribution is 9.10. The highest BCUT2D eigenvalue weighted by Gasteiger charge is 2.26. The fraction of sp³-hybridized carbons (Fsp3) is 0.353. The van der Waals surface area contributed by atoms with Crippen molar-refractivity contribution in [3.63, 3.8) is 0 Å². The van der Waals surface area contributed by atoms with Crippen molar-refractivity contribution in [2.45, 2.75) is 18.9 Å². The van der Waals surface area contributed by atoms with Gasteiger partial charge in [-0.25, -0.2) is 15.0 Å². The van der Waals surface area contributed by atoms with Gasteiger partial charge in [0.25, 0.3) is 0 Å². The molecule has 1 aliphatic heterocycles. The highest BCUT2D eigenvalue weighted by Crippen LogP contribution is 2.26. The van der Waals surface area contributed by atoms with E-state index < -0.39 is 11.1 Å². The van der Waals surface area contributed by atoms with Gasteiger partial charge in [0.2, 0.25) is 5.95 Å². The fourth-order valence-corrected chi connectivity index (χ4v) is 3.79. The van der Waals surface area contributed by atoms with Crippen molar-refractivity contribution in [1.82, 2.24) is 24.1 Å². The van der Waals surface area contributed by atoms with Crippen LogP contribution in [0.15, 0.2) is 38.7 Å². The normalized spacial score (nSPS) is 15.4. The molecule has 1 aliphatic rings. The molecule has 0 aromatic carbocycles. The van der Waals surface area contributed by atoms with E-state index in [-0.39, 0.29) is 6.04 Å². The summed E-state index contributed by atoms with van der Waals surface area (Å²) in [5.41, 5.74) is -0.112. The Kier molecular flexibility index (Phi) is 4.73. The minimum absolute atomic E-state index is 0.116. The molecule has 4 rings (SSSR count). The lowest BCUT2D eigenvalue weighted by molar-refractivity contribution is 0.389. The van der Waals surface area contributed by atoms with E-state index in [1.54, 1.807) is 25.5 Å².